The summed E-state index contributed by atoms with van der Waals surface area (Å²) in [4.78, 5) is 27.4. The summed E-state index contributed by atoms with van der Waals surface area (Å²) in [5.74, 6) is 0.651. The van der Waals surface area contributed by atoms with E-state index in [-0.39, 0.29) is 35.5 Å². The molecule has 0 N–H and O–H groups in total. The summed E-state index contributed by atoms with van der Waals surface area (Å²) < 4.78 is 5.97. The van der Waals surface area contributed by atoms with E-state index < -0.39 is 0 Å². The van der Waals surface area contributed by atoms with Gasteiger partial charge in [-0.3, -0.25) is 9.59 Å². The lowest BCUT2D eigenvalue weighted by Crippen LogP contribution is -2.32. The minimum absolute atomic E-state index is 0.0540. The van der Waals surface area contributed by atoms with Crippen LogP contribution >= 0.6 is 0 Å². The number of carbonyl (C=O) groups excluding carboxylic acids is 2. The average molecular weight is 402 g/mol. The number of ether oxygens (including phenoxy) is 1. The molecule has 3 aliphatic rings. The largest absolute Gasteiger partial charge is 0.489 e. The molecule has 2 aliphatic carbocycles. The second-order valence-electron chi connectivity index (χ2n) is 8.72. The van der Waals surface area contributed by atoms with E-state index in [0.717, 1.165) is 18.4 Å². The van der Waals surface area contributed by atoms with E-state index in [9.17, 15) is 9.59 Å². The van der Waals surface area contributed by atoms with Crippen LogP contribution in [0.5, 0.6) is 5.75 Å². The van der Waals surface area contributed by atoms with Crippen LogP contribution in [0.15, 0.2) is 60.7 Å². The molecule has 1 saturated heterocycles. The zero-order valence-corrected chi connectivity index (χ0v) is 17.3. The second kappa shape index (κ2) is 7.75. The van der Waals surface area contributed by atoms with E-state index in [4.69, 9.17) is 4.74 Å². The molecule has 1 heterocycles. The van der Waals surface area contributed by atoms with Crippen LogP contribution in [0.1, 0.15) is 37.3 Å². The number of amides is 2. The zero-order valence-electron chi connectivity index (χ0n) is 17.3. The molecule has 1 aliphatic heterocycles. The van der Waals surface area contributed by atoms with Crippen molar-refractivity contribution in [3.63, 3.8) is 0 Å². The number of hydrogen-bond donors (Lipinski definition) is 0. The summed E-state index contributed by atoms with van der Waals surface area (Å²) >= 11 is 0. The highest BCUT2D eigenvalue weighted by Gasteiger charge is 2.59. The predicted molar refractivity (Wildman–Crippen MR) is 116 cm³/mol. The van der Waals surface area contributed by atoms with Crippen LogP contribution in [-0.4, -0.2) is 11.8 Å². The molecule has 2 aromatic rings. The van der Waals surface area contributed by atoms with Crippen molar-refractivity contribution in [2.45, 2.75) is 39.2 Å². The topological polar surface area (TPSA) is 46.6 Å². The van der Waals surface area contributed by atoms with Crippen molar-refractivity contribution in [3.05, 3.63) is 71.8 Å². The Labute approximate surface area is 177 Å². The van der Waals surface area contributed by atoms with Gasteiger partial charge in [-0.15, -0.1) is 0 Å². The lowest BCUT2D eigenvalue weighted by molar-refractivity contribution is -0.123. The monoisotopic (exact) mass is 401 g/mol. The molecule has 0 spiro atoms. The lowest BCUT2D eigenvalue weighted by Gasteiger charge is -2.18. The molecule has 4 unspecified atom stereocenters. The summed E-state index contributed by atoms with van der Waals surface area (Å²) in [5.41, 5.74) is 3.07. The fourth-order valence-electron chi connectivity index (χ4n) is 5.22. The highest BCUT2D eigenvalue weighted by molar-refractivity contribution is 6.22. The number of nitrogens with zero attached hydrogens (tertiary/aromatic N) is 1. The fourth-order valence-corrected chi connectivity index (χ4v) is 5.22. The van der Waals surface area contributed by atoms with Crippen molar-refractivity contribution in [3.8, 4) is 5.75 Å². The maximum atomic E-state index is 13.0. The van der Waals surface area contributed by atoms with Gasteiger partial charge >= 0.3 is 0 Å². The van der Waals surface area contributed by atoms with Gasteiger partial charge in [-0.2, -0.15) is 0 Å². The van der Waals surface area contributed by atoms with Crippen molar-refractivity contribution < 1.29 is 14.3 Å². The summed E-state index contributed by atoms with van der Waals surface area (Å²) in [6.07, 6.45) is 8.69. The van der Waals surface area contributed by atoms with Crippen LogP contribution < -0.4 is 9.64 Å². The number of imide groups is 1. The Kier molecular flexibility index (Phi) is 4.93. The summed E-state index contributed by atoms with van der Waals surface area (Å²) in [6, 6.07) is 15.9. The Morgan fingerprint density at radius 3 is 2.27 bits per heavy atom. The van der Waals surface area contributed by atoms with Crippen LogP contribution in [-0.2, 0) is 22.6 Å². The van der Waals surface area contributed by atoms with E-state index in [0.29, 0.717) is 18.0 Å². The van der Waals surface area contributed by atoms with E-state index in [1.807, 2.05) is 24.3 Å². The van der Waals surface area contributed by atoms with Gasteiger partial charge < -0.3 is 4.74 Å². The van der Waals surface area contributed by atoms with E-state index in [1.165, 1.54) is 23.3 Å². The smallest absolute Gasteiger partial charge is 0.238 e. The molecular formula is C26H27NO3. The molecule has 2 fully saturated rings. The first-order valence-corrected chi connectivity index (χ1v) is 11.0. The number of rotatable bonds is 7. The molecule has 4 heteroatoms. The average Bonchev–Trinajstić information content (AvgIpc) is 3.45. The first-order chi connectivity index (χ1) is 14.7. The molecule has 4 atom stereocenters. The van der Waals surface area contributed by atoms with Crippen molar-refractivity contribution in [1.29, 1.82) is 0 Å². The van der Waals surface area contributed by atoms with Crippen LogP contribution in [0.3, 0.4) is 0 Å². The van der Waals surface area contributed by atoms with E-state index in [1.54, 1.807) is 0 Å². The Balaban J connectivity index is 1.27. The van der Waals surface area contributed by atoms with Gasteiger partial charge in [0.2, 0.25) is 11.8 Å². The van der Waals surface area contributed by atoms with Crippen molar-refractivity contribution in [2.24, 2.45) is 23.7 Å². The minimum Gasteiger partial charge on any atom is -0.489 e. The maximum Gasteiger partial charge on any atom is 0.238 e. The van der Waals surface area contributed by atoms with Gasteiger partial charge in [0.15, 0.2) is 0 Å². The third kappa shape index (κ3) is 3.24. The molecule has 30 heavy (non-hydrogen) atoms. The van der Waals surface area contributed by atoms with Gasteiger partial charge in [0.05, 0.1) is 17.5 Å². The van der Waals surface area contributed by atoms with Crippen LogP contribution in [0.2, 0.25) is 0 Å². The van der Waals surface area contributed by atoms with Crippen LogP contribution in [0, 0.1) is 23.7 Å². The molecule has 2 amide bonds. The summed E-state index contributed by atoms with van der Waals surface area (Å²) in [7, 11) is 0. The standard InChI is InChI=1S/C26H27NO3/c1-2-3-5-17-8-10-18(11-9-17)16-30-22-7-4-6-21(15-22)27-25(28)23-19-12-13-20(14-19)24(23)26(27)29/h4,6-13,15,19-20,23-24H,2-3,5,14,16H2,1H3. The van der Waals surface area contributed by atoms with Crippen LogP contribution in [0.25, 0.3) is 0 Å². The molecule has 2 aromatic carbocycles. The lowest BCUT2D eigenvalue weighted by atomic mass is 9.85. The first kappa shape index (κ1) is 19.1. The second-order valence-corrected chi connectivity index (χ2v) is 8.72. The highest BCUT2D eigenvalue weighted by atomic mass is 16.5. The Hall–Kier alpha value is -2.88. The Bertz CT molecular complexity index is 964. The molecule has 2 bridgehead atoms. The third-order valence-electron chi connectivity index (χ3n) is 6.79. The first-order valence-electron chi connectivity index (χ1n) is 11.0. The number of aryl methyl sites for hydroxylation is 1. The summed E-state index contributed by atoms with van der Waals surface area (Å²) in [6.45, 7) is 2.66. The maximum absolute atomic E-state index is 13.0. The van der Waals surface area contributed by atoms with E-state index in [2.05, 4.69) is 43.3 Å². The van der Waals surface area contributed by atoms with Crippen molar-refractivity contribution >= 4 is 17.5 Å². The van der Waals surface area contributed by atoms with Gasteiger partial charge in [0.1, 0.15) is 12.4 Å². The molecule has 0 radical (unpaired) electrons. The van der Waals surface area contributed by atoms with Crippen molar-refractivity contribution in [1.82, 2.24) is 0 Å². The number of benzene rings is 2. The summed E-state index contributed by atoms with van der Waals surface area (Å²) in [5, 5.41) is 0. The number of allylic oxidation sites excluding steroid dienone is 2. The SMILES string of the molecule is CCCCc1ccc(COc2cccc(N3C(=O)C4C5C=CC(C5)C4C3=O)c2)cc1. The number of fused-ring (bicyclic) bond motifs is 5. The molecule has 0 aromatic heterocycles. The van der Waals surface area contributed by atoms with Crippen molar-refractivity contribution in [2.75, 3.05) is 4.90 Å². The van der Waals surface area contributed by atoms with Gasteiger partial charge in [-0.05, 0) is 54.4 Å². The molecule has 154 valence electrons. The molecular weight excluding hydrogens is 374 g/mol. The van der Waals surface area contributed by atoms with Crippen LogP contribution in [0.4, 0.5) is 5.69 Å². The molecule has 5 rings (SSSR count). The third-order valence-corrected chi connectivity index (χ3v) is 6.79. The molecule has 4 nitrogen and oxygen atoms in total. The van der Waals surface area contributed by atoms with E-state index >= 15 is 0 Å². The number of carbonyl (C=O) groups is 2. The van der Waals surface area contributed by atoms with Gasteiger partial charge in [0.25, 0.3) is 0 Å². The minimum atomic E-state index is -0.178. The zero-order chi connectivity index (χ0) is 20.7. The number of hydrogen-bond acceptors (Lipinski definition) is 3. The van der Waals surface area contributed by atoms with Gasteiger partial charge in [-0.25, -0.2) is 4.90 Å². The predicted octanol–water partition coefficient (Wildman–Crippen LogP) is 4.92. The Morgan fingerprint density at radius 2 is 1.60 bits per heavy atom. The fraction of sp³-hybridized carbons (Fsp3) is 0.385. The number of unbranched alkanes of at least 4 members (excludes halogenated alkanes) is 1. The highest BCUT2D eigenvalue weighted by Crippen LogP contribution is 2.53. The van der Waals surface area contributed by atoms with Gasteiger partial charge in [-0.1, -0.05) is 55.8 Å². The Morgan fingerprint density at radius 1 is 0.933 bits per heavy atom. The number of anilines is 1. The molecule has 1 saturated carbocycles. The normalized spacial score (nSPS) is 26.5. The quantitative estimate of drug-likeness (QED) is 0.489. The van der Waals surface area contributed by atoms with Gasteiger partial charge in [0, 0.05) is 6.07 Å².